The number of hydrogen-bond acceptors (Lipinski definition) is 1. The second-order valence-corrected chi connectivity index (χ2v) is 7.90. The monoisotopic (exact) mass is 395 g/mol. The van der Waals surface area contributed by atoms with Crippen LogP contribution in [0, 0.1) is 13.8 Å². The van der Waals surface area contributed by atoms with E-state index in [1.54, 1.807) is 0 Å². The molecular weight excluding hydrogens is 374 g/mol. The van der Waals surface area contributed by atoms with Gasteiger partial charge in [-0.2, -0.15) is 0 Å². The van der Waals surface area contributed by atoms with Crippen molar-refractivity contribution in [3.05, 3.63) is 88.2 Å². The van der Waals surface area contributed by atoms with Gasteiger partial charge in [-0.25, -0.2) is 0 Å². The third-order valence-electron chi connectivity index (χ3n) is 4.96. The van der Waals surface area contributed by atoms with Crippen LogP contribution in [0.2, 0.25) is 5.02 Å². The maximum atomic E-state index is 6.11. The molecule has 2 heterocycles. The largest absolute Gasteiger partial charge is 0.348 e. The lowest BCUT2D eigenvalue weighted by Crippen LogP contribution is -2.44. The van der Waals surface area contributed by atoms with E-state index in [1.807, 2.05) is 12.1 Å². The second-order valence-electron chi connectivity index (χ2n) is 7.08. The van der Waals surface area contributed by atoms with E-state index < -0.39 is 0 Å². The molecule has 0 bridgehead atoms. The zero-order chi connectivity index (χ0) is 19.0. The van der Waals surface area contributed by atoms with Gasteiger partial charge in [0.15, 0.2) is 5.11 Å². The van der Waals surface area contributed by atoms with Crippen molar-refractivity contribution in [3.63, 3.8) is 0 Å². The third-order valence-corrected chi connectivity index (χ3v) is 5.55. The number of nitrogens with zero attached hydrogens (tertiary/aromatic N) is 2. The molecule has 5 heteroatoms. The summed E-state index contributed by atoms with van der Waals surface area (Å²) >= 11 is 11.9. The highest BCUT2D eigenvalue weighted by Gasteiger charge is 2.30. The predicted octanol–water partition coefficient (Wildman–Crippen LogP) is 5.56. The highest BCUT2D eigenvalue weighted by Crippen LogP contribution is 2.33. The molecule has 3 aromatic rings. The fourth-order valence-corrected chi connectivity index (χ4v) is 4.28. The van der Waals surface area contributed by atoms with Crippen molar-refractivity contribution in [3.8, 4) is 0 Å². The standard InChI is InChI=1S/C22H22ClN3S/c1-15-12-16(2)14-19(13-15)24-22(27)26-11-10-25-9-3-4-20(25)21(26)17-5-7-18(23)8-6-17/h3-9,12-14,21H,10-11H2,1-2H3,(H,24,27). The van der Waals surface area contributed by atoms with Crippen LogP contribution in [0.5, 0.6) is 0 Å². The SMILES string of the molecule is Cc1cc(C)cc(NC(=S)N2CCn3cccc3C2c2ccc(Cl)cc2)c1. The molecule has 1 aliphatic rings. The lowest BCUT2D eigenvalue weighted by Gasteiger charge is -2.39. The van der Waals surface area contributed by atoms with Gasteiger partial charge < -0.3 is 14.8 Å². The maximum Gasteiger partial charge on any atom is 0.174 e. The van der Waals surface area contributed by atoms with Crippen LogP contribution in [0.15, 0.2) is 60.8 Å². The number of aromatic nitrogens is 1. The first kappa shape index (κ1) is 18.1. The molecule has 3 nitrogen and oxygen atoms in total. The third kappa shape index (κ3) is 3.73. The molecule has 0 fully saturated rings. The molecule has 1 N–H and O–H groups in total. The number of benzene rings is 2. The molecule has 1 atom stereocenters. The van der Waals surface area contributed by atoms with E-state index in [4.69, 9.17) is 23.8 Å². The zero-order valence-corrected chi connectivity index (χ0v) is 17.0. The smallest absolute Gasteiger partial charge is 0.174 e. The fourth-order valence-electron chi connectivity index (χ4n) is 3.84. The Labute approximate surface area is 170 Å². The number of thiocarbonyl (C=S) groups is 1. The van der Waals surface area contributed by atoms with Crippen LogP contribution in [0.1, 0.15) is 28.4 Å². The number of nitrogens with one attached hydrogen (secondary N) is 1. The van der Waals surface area contributed by atoms with Crippen molar-refractivity contribution in [2.24, 2.45) is 0 Å². The van der Waals surface area contributed by atoms with Gasteiger partial charge in [0.1, 0.15) is 0 Å². The van der Waals surface area contributed by atoms with Gasteiger partial charge in [-0.05, 0) is 79.2 Å². The molecule has 2 aromatic carbocycles. The Morgan fingerprint density at radius 3 is 2.44 bits per heavy atom. The number of anilines is 1. The van der Waals surface area contributed by atoms with Gasteiger partial charge in [-0.1, -0.05) is 29.8 Å². The second kappa shape index (κ2) is 7.37. The number of rotatable bonds is 2. The van der Waals surface area contributed by atoms with Crippen LogP contribution in [0.25, 0.3) is 0 Å². The van der Waals surface area contributed by atoms with Crippen LogP contribution in [-0.4, -0.2) is 21.1 Å². The first-order valence-corrected chi connectivity index (χ1v) is 9.86. The molecule has 1 aromatic heterocycles. The van der Waals surface area contributed by atoms with Crippen LogP contribution in [0.4, 0.5) is 5.69 Å². The van der Waals surface area contributed by atoms with Crippen LogP contribution < -0.4 is 5.32 Å². The van der Waals surface area contributed by atoms with E-state index in [0.29, 0.717) is 0 Å². The van der Waals surface area contributed by atoms with Crippen LogP contribution >= 0.6 is 23.8 Å². The summed E-state index contributed by atoms with van der Waals surface area (Å²) in [5.41, 5.74) is 5.91. The molecular formula is C22H22ClN3S. The number of hydrogen-bond donors (Lipinski definition) is 1. The highest BCUT2D eigenvalue weighted by molar-refractivity contribution is 7.80. The predicted molar refractivity (Wildman–Crippen MR) is 117 cm³/mol. The summed E-state index contributed by atoms with van der Waals surface area (Å²) in [6.45, 7) is 5.98. The topological polar surface area (TPSA) is 20.2 Å². The summed E-state index contributed by atoms with van der Waals surface area (Å²) in [7, 11) is 0. The molecule has 1 aliphatic heterocycles. The normalized spacial score (nSPS) is 16.1. The summed E-state index contributed by atoms with van der Waals surface area (Å²) in [6.07, 6.45) is 2.13. The van der Waals surface area contributed by atoms with Gasteiger partial charge in [0.2, 0.25) is 0 Å². The van der Waals surface area contributed by atoms with Gasteiger partial charge in [-0.15, -0.1) is 0 Å². The Bertz CT molecular complexity index is 957. The minimum Gasteiger partial charge on any atom is -0.348 e. The van der Waals surface area contributed by atoms with E-state index in [0.717, 1.165) is 28.9 Å². The summed E-state index contributed by atoms with van der Waals surface area (Å²) in [6, 6.07) is 18.8. The van der Waals surface area contributed by atoms with E-state index >= 15 is 0 Å². The minimum absolute atomic E-state index is 0.0666. The molecule has 0 aliphatic carbocycles. The fraction of sp³-hybridized carbons (Fsp3) is 0.227. The molecule has 0 radical (unpaired) electrons. The Morgan fingerprint density at radius 1 is 1.04 bits per heavy atom. The van der Waals surface area contributed by atoms with Gasteiger partial charge in [-0.3, -0.25) is 0 Å². The Hall–Kier alpha value is -2.30. The average Bonchev–Trinajstić information content (AvgIpc) is 3.09. The molecule has 27 heavy (non-hydrogen) atoms. The van der Waals surface area contributed by atoms with Crippen molar-refractivity contribution < 1.29 is 0 Å². The maximum absolute atomic E-state index is 6.11. The molecule has 0 spiro atoms. The molecule has 1 unspecified atom stereocenters. The average molecular weight is 396 g/mol. The summed E-state index contributed by atoms with van der Waals surface area (Å²) < 4.78 is 2.30. The number of halogens is 1. The number of fused-ring (bicyclic) bond motifs is 1. The molecule has 0 amide bonds. The van der Waals surface area contributed by atoms with E-state index in [9.17, 15) is 0 Å². The molecule has 0 saturated heterocycles. The van der Waals surface area contributed by atoms with E-state index in [1.165, 1.54) is 22.4 Å². The Morgan fingerprint density at radius 2 is 1.74 bits per heavy atom. The Kier molecular flexibility index (Phi) is 4.94. The van der Waals surface area contributed by atoms with Gasteiger partial charge >= 0.3 is 0 Å². The van der Waals surface area contributed by atoms with Crippen molar-refractivity contribution in [1.29, 1.82) is 0 Å². The number of aryl methyl sites for hydroxylation is 2. The first-order valence-electron chi connectivity index (χ1n) is 9.08. The van der Waals surface area contributed by atoms with Gasteiger partial charge in [0.05, 0.1) is 6.04 Å². The molecule has 0 saturated carbocycles. The van der Waals surface area contributed by atoms with Gasteiger partial charge in [0, 0.05) is 35.7 Å². The van der Waals surface area contributed by atoms with Crippen molar-refractivity contribution in [1.82, 2.24) is 9.47 Å². The van der Waals surface area contributed by atoms with Crippen molar-refractivity contribution in [2.45, 2.75) is 26.4 Å². The van der Waals surface area contributed by atoms with E-state index in [2.05, 4.69) is 77.3 Å². The highest BCUT2D eigenvalue weighted by atomic mass is 35.5. The zero-order valence-electron chi connectivity index (χ0n) is 15.4. The minimum atomic E-state index is 0.0666. The van der Waals surface area contributed by atoms with Gasteiger partial charge in [0.25, 0.3) is 0 Å². The summed E-state index contributed by atoms with van der Waals surface area (Å²) in [5.74, 6) is 0. The first-order chi connectivity index (χ1) is 13.0. The summed E-state index contributed by atoms with van der Waals surface area (Å²) in [5, 5.41) is 4.94. The Balaban J connectivity index is 1.67. The van der Waals surface area contributed by atoms with Crippen molar-refractivity contribution in [2.75, 3.05) is 11.9 Å². The van der Waals surface area contributed by atoms with Crippen molar-refractivity contribution >= 4 is 34.6 Å². The van der Waals surface area contributed by atoms with E-state index in [-0.39, 0.29) is 6.04 Å². The van der Waals surface area contributed by atoms with Crippen LogP contribution in [0.3, 0.4) is 0 Å². The lowest BCUT2D eigenvalue weighted by molar-refractivity contribution is 0.293. The lowest BCUT2D eigenvalue weighted by atomic mass is 10.0. The molecule has 4 rings (SSSR count). The quantitative estimate of drug-likeness (QED) is 0.573. The summed E-state index contributed by atoms with van der Waals surface area (Å²) in [4.78, 5) is 2.27. The molecule has 138 valence electrons. The van der Waals surface area contributed by atoms with Crippen LogP contribution in [-0.2, 0) is 6.54 Å².